The maximum atomic E-state index is 13.4. The highest BCUT2D eigenvalue weighted by atomic mass is 35.5. The Morgan fingerprint density at radius 1 is 1.04 bits per heavy atom. The van der Waals surface area contributed by atoms with E-state index in [-0.39, 0.29) is 12.6 Å². The highest BCUT2D eigenvalue weighted by Gasteiger charge is 2.16. The number of imidazole rings is 1. The topological polar surface area (TPSA) is 47.8 Å². The highest BCUT2D eigenvalue weighted by molar-refractivity contribution is 6.30. The van der Waals surface area contributed by atoms with Crippen molar-refractivity contribution >= 4 is 23.1 Å². The smallest absolute Gasteiger partial charge is 0.231 e. The van der Waals surface area contributed by atoms with Gasteiger partial charge in [-0.05, 0) is 54.1 Å². The van der Waals surface area contributed by atoms with Crippen molar-refractivity contribution in [3.8, 4) is 22.8 Å². The fraction of sp³-hybridized carbons (Fsp3) is 0.0952. The number of aromatic nitrogens is 2. The minimum absolute atomic E-state index is 0.243. The van der Waals surface area contributed by atoms with E-state index in [9.17, 15) is 4.39 Å². The van der Waals surface area contributed by atoms with Gasteiger partial charge in [0.1, 0.15) is 23.0 Å². The fourth-order valence-corrected chi connectivity index (χ4v) is 3.39. The van der Waals surface area contributed by atoms with E-state index in [1.807, 2.05) is 28.7 Å². The van der Waals surface area contributed by atoms with E-state index in [1.165, 1.54) is 12.1 Å². The van der Waals surface area contributed by atoms with Crippen LogP contribution in [0.2, 0.25) is 5.02 Å². The van der Waals surface area contributed by atoms with Crippen LogP contribution in [0.15, 0.2) is 60.8 Å². The number of halogens is 2. The second kappa shape index (κ2) is 6.73. The lowest BCUT2D eigenvalue weighted by Crippen LogP contribution is -2.03. The summed E-state index contributed by atoms with van der Waals surface area (Å²) in [5, 5.41) is 4.03. The van der Waals surface area contributed by atoms with Crippen molar-refractivity contribution in [2.75, 3.05) is 12.1 Å². The number of benzene rings is 2. The maximum Gasteiger partial charge on any atom is 0.231 e. The van der Waals surface area contributed by atoms with Gasteiger partial charge in [-0.3, -0.25) is 4.40 Å². The zero-order chi connectivity index (χ0) is 19.1. The molecule has 7 heteroatoms. The molecule has 0 unspecified atom stereocenters. The van der Waals surface area contributed by atoms with E-state index >= 15 is 0 Å². The molecule has 1 aliphatic rings. The van der Waals surface area contributed by atoms with E-state index in [0.29, 0.717) is 11.6 Å². The predicted octanol–water partition coefficient (Wildman–Crippen LogP) is 5.13. The average Bonchev–Trinajstić information content (AvgIpc) is 3.30. The molecule has 5 rings (SSSR count). The van der Waals surface area contributed by atoms with Gasteiger partial charge in [-0.2, -0.15) is 0 Å². The van der Waals surface area contributed by atoms with E-state index < -0.39 is 0 Å². The minimum atomic E-state index is -0.287. The molecule has 0 aliphatic carbocycles. The second-order valence-corrected chi connectivity index (χ2v) is 6.87. The van der Waals surface area contributed by atoms with Gasteiger partial charge < -0.3 is 14.8 Å². The Balaban J connectivity index is 1.54. The van der Waals surface area contributed by atoms with Crippen LogP contribution >= 0.6 is 11.6 Å². The summed E-state index contributed by atoms with van der Waals surface area (Å²) in [5.74, 6) is 1.98. The van der Waals surface area contributed by atoms with Gasteiger partial charge in [-0.25, -0.2) is 9.37 Å². The molecule has 2 aromatic heterocycles. The number of hydrogen-bond donors (Lipinski definition) is 1. The first-order valence-electron chi connectivity index (χ1n) is 8.73. The summed E-state index contributed by atoms with van der Waals surface area (Å²) in [6.45, 7) is 0.790. The fourth-order valence-electron chi connectivity index (χ4n) is 3.23. The third-order valence-corrected chi connectivity index (χ3v) is 4.82. The van der Waals surface area contributed by atoms with Crippen molar-refractivity contribution in [3.63, 3.8) is 0 Å². The Morgan fingerprint density at radius 2 is 1.86 bits per heavy atom. The van der Waals surface area contributed by atoms with Gasteiger partial charge in [-0.15, -0.1) is 0 Å². The van der Waals surface area contributed by atoms with Gasteiger partial charge in [0.25, 0.3) is 0 Å². The van der Waals surface area contributed by atoms with Crippen LogP contribution in [0.3, 0.4) is 0 Å². The SMILES string of the molecule is Fc1ccc(-c2nc3ccc(Cl)cn3c2NCc2ccc3c(c2)OCO3)cc1. The molecule has 0 amide bonds. The molecule has 0 atom stereocenters. The normalized spacial score (nSPS) is 12.5. The zero-order valence-corrected chi connectivity index (χ0v) is 15.4. The lowest BCUT2D eigenvalue weighted by molar-refractivity contribution is 0.174. The Kier molecular flexibility index (Phi) is 4.06. The minimum Gasteiger partial charge on any atom is -0.454 e. The Bertz CT molecular complexity index is 1170. The van der Waals surface area contributed by atoms with Gasteiger partial charge in [0.15, 0.2) is 11.5 Å². The van der Waals surface area contributed by atoms with Crippen LogP contribution in [0.4, 0.5) is 10.2 Å². The molecule has 0 saturated heterocycles. The van der Waals surface area contributed by atoms with Crippen molar-refractivity contribution < 1.29 is 13.9 Å². The number of rotatable bonds is 4. The van der Waals surface area contributed by atoms with E-state index in [1.54, 1.807) is 24.4 Å². The summed E-state index contributed by atoms with van der Waals surface area (Å²) in [6, 6.07) is 15.7. The third-order valence-electron chi connectivity index (χ3n) is 4.60. The molecule has 0 saturated carbocycles. The van der Waals surface area contributed by atoms with Crippen molar-refractivity contribution in [1.82, 2.24) is 9.38 Å². The van der Waals surface area contributed by atoms with Gasteiger partial charge in [0.05, 0.1) is 5.02 Å². The summed E-state index contributed by atoms with van der Waals surface area (Å²) in [7, 11) is 0. The Labute approximate surface area is 165 Å². The second-order valence-electron chi connectivity index (χ2n) is 6.43. The number of hydrogen-bond acceptors (Lipinski definition) is 4. The van der Waals surface area contributed by atoms with Crippen molar-refractivity contribution in [1.29, 1.82) is 0 Å². The zero-order valence-electron chi connectivity index (χ0n) is 14.7. The predicted molar refractivity (Wildman–Crippen MR) is 105 cm³/mol. The first kappa shape index (κ1) is 16.9. The number of pyridine rings is 1. The van der Waals surface area contributed by atoms with E-state index in [4.69, 9.17) is 26.1 Å². The standard InChI is InChI=1S/C21H15ClFN3O2/c22-15-4-8-19-25-20(14-2-5-16(23)6-3-14)21(26(19)11-15)24-10-13-1-7-17-18(9-13)28-12-27-17/h1-9,11,24H,10,12H2. The molecular formula is C21H15ClFN3O2. The molecule has 3 heterocycles. The quantitative estimate of drug-likeness (QED) is 0.520. The summed E-state index contributed by atoms with van der Waals surface area (Å²) in [5.41, 5.74) is 3.32. The lowest BCUT2D eigenvalue weighted by atomic mass is 10.1. The summed E-state index contributed by atoms with van der Waals surface area (Å²) in [4.78, 5) is 4.70. The van der Waals surface area contributed by atoms with Crippen LogP contribution < -0.4 is 14.8 Å². The molecule has 4 aromatic rings. The molecule has 0 radical (unpaired) electrons. The van der Waals surface area contributed by atoms with E-state index in [2.05, 4.69) is 5.32 Å². The molecule has 0 fully saturated rings. The molecule has 1 aliphatic heterocycles. The summed E-state index contributed by atoms with van der Waals surface area (Å²) in [6.07, 6.45) is 1.80. The average molecular weight is 396 g/mol. The lowest BCUT2D eigenvalue weighted by Gasteiger charge is -2.10. The molecule has 140 valence electrons. The van der Waals surface area contributed by atoms with Gasteiger partial charge in [0.2, 0.25) is 6.79 Å². The number of ether oxygens (including phenoxy) is 2. The Hall–Kier alpha value is -3.25. The highest BCUT2D eigenvalue weighted by Crippen LogP contribution is 2.34. The number of nitrogens with one attached hydrogen (secondary N) is 1. The van der Waals surface area contributed by atoms with E-state index in [0.717, 1.165) is 39.8 Å². The van der Waals surface area contributed by atoms with Gasteiger partial charge in [-0.1, -0.05) is 17.7 Å². The molecule has 5 nitrogen and oxygen atoms in total. The molecule has 0 spiro atoms. The summed E-state index contributed by atoms with van der Waals surface area (Å²) >= 11 is 6.19. The van der Waals surface area contributed by atoms with Gasteiger partial charge >= 0.3 is 0 Å². The van der Waals surface area contributed by atoms with Crippen LogP contribution in [0, 0.1) is 5.82 Å². The number of fused-ring (bicyclic) bond motifs is 2. The van der Waals surface area contributed by atoms with Crippen molar-refractivity contribution in [2.45, 2.75) is 6.54 Å². The van der Waals surface area contributed by atoms with Crippen LogP contribution in [0.25, 0.3) is 16.9 Å². The first-order chi connectivity index (χ1) is 13.7. The molecule has 0 bridgehead atoms. The van der Waals surface area contributed by atoms with Crippen molar-refractivity contribution in [3.05, 3.63) is 77.2 Å². The first-order valence-corrected chi connectivity index (χ1v) is 9.11. The third kappa shape index (κ3) is 3.01. The number of nitrogens with zero attached hydrogens (tertiary/aromatic N) is 2. The maximum absolute atomic E-state index is 13.4. The van der Waals surface area contributed by atoms with Crippen LogP contribution in [-0.4, -0.2) is 16.2 Å². The molecular weight excluding hydrogens is 381 g/mol. The summed E-state index contributed by atoms with van der Waals surface area (Å²) < 4.78 is 26.1. The van der Waals surface area contributed by atoms with Crippen LogP contribution in [0.5, 0.6) is 11.5 Å². The Morgan fingerprint density at radius 3 is 2.71 bits per heavy atom. The molecule has 1 N–H and O–H groups in total. The number of anilines is 1. The van der Waals surface area contributed by atoms with Crippen molar-refractivity contribution in [2.24, 2.45) is 0 Å². The van der Waals surface area contributed by atoms with Crippen LogP contribution in [0.1, 0.15) is 5.56 Å². The molecule has 2 aromatic carbocycles. The monoisotopic (exact) mass is 395 g/mol. The largest absolute Gasteiger partial charge is 0.454 e. The van der Waals surface area contributed by atoms with Gasteiger partial charge in [0, 0.05) is 18.3 Å². The molecule has 28 heavy (non-hydrogen) atoms. The van der Waals surface area contributed by atoms with Crippen LogP contribution in [-0.2, 0) is 6.54 Å².